The smallest absolute Gasteiger partial charge is 0.302 e. The molecule has 0 amide bonds. The summed E-state index contributed by atoms with van der Waals surface area (Å²) in [5.74, 6) is 1.23. The molecule has 3 nitrogen and oxygen atoms in total. The van der Waals surface area contributed by atoms with Gasteiger partial charge < -0.3 is 4.74 Å². The molecule has 2 fully saturated rings. The fraction of sp³-hybridized carbons (Fsp3) is 0.652. The fourth-order valence-electron chi connectivity index (χ4n) is 6.48. The van der Waals surface area contributed by atoms with Crippen molar-refractivity contribution in [2.24, 2.45) is 22.7 Å². The molecule has 0 saturated heterocycles. The molecule has 0 radical (unpaired) electrons. The van der Waals surface area contributed by atoms with E-state index < -0.39 is 0 Å². The Labute approximate surface area is 156 Å². The van der Waals surface area contributed by atoms with Gasteiger partial charge in [0.2, 0.25) is 0 Å². The highest BCUT2D eigenvalue weighted by molar-refractivity contribution is 5.96. The topological polar surface area (TPSA) is 43.4 Å². The summed E-state index contributed by atoms with van der Waals surface area (Å²) in [5.41, 5.74) is 4.14. The highest BCUT2D eigenvalue weighted by Gasteiger charge is 2.54. The van der Waals surface area contributed by atoms with E-state index in [-0.39, 0.29) is 28.7 Å². The van der Waals surface area contributed by atoms with Gasteiger partial charge in [-0.2, -0.15) is 0 Å². The van der Waals surface area contributed by atoms with Gasteiger partial charge in [-0.1, -0.05) is 43.2 Å². The molecule has 26 heavy (non-hydrogen) atoms. The molecule has 0 bridgehead atoms. The minimum absolute atomic E-state index is 0.0499. The lowest BCUT2D eigenvalue weighted by atomic mass is 9.49. The van der Waals surface area contributed by atoms with Crippen molar-refractivity contribution in [2.75, 3.05) is 0 Å². The van der Waals surface area contributed by atoms with Gasteiger partial charge >= 0.3 is 5.97 Å². The van der Waals surface area contributed by atoms with E-state index in [0.717, 1.165) is 37.7 Å². The van der Waals surface area contributed by atoms with Gasteiger partial charge in [0.25, 0.3) is 0 Å². The molecule has 140 valence electrons. The molecule has 0 unspecified atom stereocenters. The van der Waals surface area contributed by atoms with Gasteiger partial charge in [-0.05, 0) is 56.3 Å². The molecule has 0 aromatic carbocycles. The Morgan fingerprint density at radius 3 is 2.58 bits per heavy atom. The van der Waals surface area contributed by atoms with Crippen molar-refractivity contribution in [1.29, 1.82) is 0 Å². The summed E-state index contributed by atoms with van der Waals surface area (Å²) in [7, 11) is 0. The molecule has 0 aromatic rings. The van der Waals surface area contributed by atoms with Crippen molar-refractivity contribution in [2.45, 2.75) is 72.3 Å². The van der Waals surface area contributed by atoms with Gasteiger partial charge in [0.15, 0.2) is 5.78 Å². The number of hydrogen-bond acceptors (Lipinski definition) is 3. The first-order chi connectivity index (χ1) is 12.3. The van der Waals surface area contributed by atoms with Gasteiger partial charge in [-0.15, -0.1) is 0 Å². The van der Waals surface area contributed by atoms with Crippen LogP contribution in [0.2, 0.25) is 0 Å². The van der Waals surface area contributed by atoms with E-state index in [4.69, 9.17) is 4.74 Å². The maximum atomic E-state index is 12.1. The molecule has 0 heterocycles. The first-order valence-corrected chi connectivity index (χ1v) is 10.1. The lowest BCUT2D eigenvalue weighted by Crippen LogP contribution is -2.47. The van der Waals surface area contributed by atoms with Crippen molar-refractivity contribution in [3.8, 4) is 0 Å². The number of ether oxygens (including phenoxy) is 1. The number of esters is 1. The van der Waals surface area contributed by atoms with Gasteiger partial charge in [0.05, 0.1) is 0 Å². The Balaban J connectivity index is 1.61. The monoisotopic (exact) mass is 354 g/mol. The van der Waals surface area contributed by atoms with Crippen LogP contribution < -0.4 is 0 Å². The average Bonchev–Trinajstić information content (AvgIpc) is 2.92. The number of ketones is 1. The summed E-state index contributed by atoms with van der Waals surface area (Å²) >= 11 is 0. The number of fused-ring (bicyclic) bond motifs is 5. The summed E-state index contributed by atoms with van der Waals surface area (Å²) < 4.78 is 5.51. The minimum Gasteiger partial charge on any atom is -0.462 e. The van der Waals surface area contributed by atoms with E-state index >= 15 is 0 Å². The fourth-order valence-corrected chi connectivity index (χ4v) is 6.48. The van der Waals surface area contributed by atoms with Crippen LogP contribution in [-0.4, -0.2) is 17.9 Å². The van der Waals surface area contributed by atoms with E-state index in [1.54, 1.807) is 6.92 Å². The molecule has 4 aliphatic carbocycles. The predicted octanol–water partition coefficient (Wildman–Crippen LogP) is 4.93. The van der Waals surface area contributed by atoms with Crippen LogP contribution in [0.1, 0.15) is 66.2 Å². The van der Waals surface area contributed by atoms with Crippen LogP contribution >= 0.6 is 0 Å². The number of Topliss-reactive ketones (excluding diaryl/α,β-unsaturated/α-hetero) is 1. The predicted molar refractivity (Wildman–Crippen MR) is 101 cm³/mol. The number of carbonyl (C=O) groups excluding carboxylic acids is 2. The van der Waals surface area contributed by atoms with Crippen molar-refractivity contribution >= 4 is 11.8 Å². The zero-order valence-electron chi connectivity index (χ0n) is 16.4. The third-order valence-corrected chi connectivity index (χ3v) is 7.82. The average molecular weight is 354 g/mol. The molecule has 0 spiro atoms. The van der Waals surface area contributed by atoms with Gasteiger partial charge in [-0.3, -0.25) is 9.59 Å². The first kappa shape index (κ1) is 17.8. The second kappa shape index (κ2) is 5.94. The van der Waals surface area contributed by atoms with Crippen molar-refractivity contribution in [3.05, 3.63) is 34.9 Å². The second-order valence-electron chi connectivity index (χ2n) is 9.20. The maximum absolute atomic E-state index is 12.1. The lowest BCUT2D eigenvalue weighted by molar-refractivity contribution is -0.148. The Hall–Kier alpha value is -1.64. The highest BCUT2D eigenvalue weighted by atomic mass is 16.5. The molecule has 0 N–H and O–H groups in total. The molecule has 4 rings (SSSR count). The summed E-state index contributed by atoms with van der Waals surface area (Å²) in [5, 5.41) is 0. The number of carbonyl (C=O) groups is 2. The first-order valence-electron chi connectivity index (χ1n) is 10.1. The summed E-state index contributed by atoms with van der Waals surface area (Å²) in [6.45, 7) is 7.91. The Kier molecular flexibility index (Phi) is 4.05. The highest BCUT2D eigenvalue weighted by Crippen LogP contribution is 2.63. The Morgan fingerprint density at radius 1 is 1.12 bits per heavy atom. The largest absolute Gasteiger partial charge is 0.462 e. The number of hydrogen-bond donors (Lipinski definition) is 0. The number of allylic oxidation sites excluding steroid dienone is 5. The molecule has 5 atom stereocenters. The Morgan fingerprint density at radius 2 is 1.88 bits per heavy atom. The SMILES string of the molecule is CC(=O)O[C@@H]1CC[C@]2(C)C(=CC[C@@H]3C4=CC=C(C(C)=O)[C@]4(C)CC[C@@H]32)C1. The van der Waals surface area contributed by atoms with E-state index in [0.29, 0.717) is 11.8 Å². The lowest BCUT2D eigenvalue weighted by Gasteiger charge is -2.56. The van der Waals surface area contributed by atoms with Crippen LogP contribution in [0.25, 0.3) is 0 Å². The van der Waals surface area contributed by atoms with E-state index in [9.17, 15) is 9.59 Å². The third-order valence-electron chi connectivity index (χ3n) is 7.82. The van der Waals surface area contributed by atoms with Gasteiger partial charge in [0.1, 0.15) is 6.10 Å². The molecular weight excluding hydrogens is 324 g/mol. The summed E-state index contributed by atoms with van der Waals surface area (Å²) in [4.78, 5) is 23.5. The van der Waals surface area contributed by atoms with Gasteiger partial charge in [-0.25, -0.2) is 0 Å². The van der Waals surface area contributed by atoms with Gasteiger partial charge in [0, 0.05) is 24.3 Å². The molecule has 0 aromatic heterocycles. The third kappa shape index (κ3) is 2.46. The standard InChI is InChI=1S/C23H30O3/c1-14(24)19-7-8-20-18-6-5-16-13-17(26-15(2)25)9-11-22(16,3)21(18)10-12-23(19,20)4/h5,7-8,17-18,21H,6,9-13H2,1-4H3/t17-,18-,21+,22-,23+/m1/s1. The van der Waals surface area contributed by atoms with E-state index in [2.05, 4.69) is 32.1 Å². The van der Waals surface area contributed by atoms with Crippen LogP contribution in [-0.2, 0) is 14.3 Å². The Bertz CT molecular complexity index is 755. The number of rotatable bonds is 2. The van der Waals surface area contributed by atoms with E-state index in [1.807, 2.05) is 0 Å². The van der Waals surface area contributed by atoms with Crippen molar-refractivity contribution < 1.29 is 14.3 Å². The van der Waals surface area contributed by atoms with Crippen molar-refractivity contribution in [1.82, 2.24) is 0 Å². The van der Waals surface area contributed by atoms with Crippen LogP contribution in [0.4, 0.5) is 0 Å². The van der Waals surface area contributed by atoms with Crippen LogP contribution in [0.5, 0.6) is 0 Å². The zero-order valence-corrected chi connectivity index (χ0v) is 16.4. The molecule has 0 aliphatic heterocycles. The van der Waals surface area contributed by atoms with Crippen molar-refractivity contribution in [3.63, 3.8) is 0 Å². The second-order valence-corrected chi connectivity index (χ2v) is 9.20. The molecule has 4 aliphatic rings. The quantitative estimate of drug-likeness (QED) is 0.522. The minimum atomic E-state index is -0.166. The van der Waals surface area contributed by atoms with E-state index in [1.165, 1.54) is 24.5 Å². The summed E-state index contributed by atoms with van der Waals surface area (Å²) in [6, 6.07) is 0. The molecule has 2 saturated carbocycles. The normalized spacial score (nSPS) is 41.1. The van der Waals surface area contributed by atoms with Crippen LogP contribution in [0, 0.1) is 22.7 Å². The summed E-state index contributed by atoms with van der Waals surface area (Å²) in [6.07, 6.45) is 13.1. The van der Waals surface area contributed by atoms with Crippen LogP contribution in [0.3, 0.4) is 0 Å². The maximum Gasteiger partial charge on any atom is 0.302 e. The zero-order chi connectivity index (χ0) is 18.7. The molecular formula is C23H30O3. The van der Waals surface area contributed by atoms with Crippen LogP contribution in [0.15, 0.2) is 34.9 Å². The molecule has 3 heteroatoms.